The lowest BCUT2D eigenvalue weighted by atomic mass is 10.1. The maximum absolute atomic E-state index is 12.7. The highest BCUT2D eigenvalue weighted by atomic mass is 32.2. The molecular formula is C15H25N3O2S. The van der Waals surface area contributed by atoms with Crippen LogP contribution in [0.4, 0.5) is 5.69 Å². The van der Waals surface area contributed by atoms with E-state index in [1.165, 1.54) is 0 Å². The average Bonchev–Trinajstić information content (AvgIpc) is 2.44. The molecule has 1 fully saturated rings. The second-order valence-corrected chi connectivity index (χ2v) is 7.30. The van der Waals surface area contributed by atoms with Gasteiger partial charge in [0.2, 0.25) is 0 Å². The lowest BCUT2D eigenvalue weighted by Crippen LogP contribution is -2.50. The molecule has 2 N–H and O–H groups in total. The normalized spacial score (nSPS) is 20.4. The molecule has 2 rings (SSSR count). The zero-order valence-corrected chi connectivity index (χ0v) is 13.8. The van der Waals surface area contributed by atoms with Crippen molar-refractivity contribution in [1.82, 2.24) is 9.62 Å². The van der Waals surface area contributed by atoms with Crippen LogP contribution in [-0.4, -0.2) is 38.9 Å². The number of likely N-dealkylation sites (N-methyl/N-ethyl adjacent to an activating group) is 1. The molecule has 1 unspecified atom stereocenters. The molecule has 0 aliphatic carbocycles. The van der Waals surface area contributed by atoms with E-state index in [1.54, 1.807) is 4.31 Å². The van der Waals surface area contributed by atoms with Gasteiger partial charge >= 0.3 is 10.2 Å². The molecule has 1 saturated heterocycles. The third kappa shape index (κ3) is 3.75. The van der Waals surface area contributed by atoms with Gasteiger partial charge in [0.25, 0.3) is 0 Å². The molecule has 1 aliphatic rings. The number of aryl methyl sites for hydroxylation is 1. The number of anilines is 1. The van der Waals surface area contributed by atoms with Crippen LogP contribution in [0.1, 0.15) is 30.4 Å². The first-order valence-corrected chi connectivity index (χ1v) is 8.90. The highest BCUT2D eigenvalue weighted by molar-refractivity contribution is 7.90. The summed E-state index contributed by atoms with van der Waals surface area (Å²) < 4.78 is 29.7. The van der Waals surface area contributed by atoms with Gasteiger partial charge in [-0.15, -0.1) is 0 Å². The summed E-state index contributed by atoms with van der Waals surface area (Å²) in [6.07, 6.45) is 2.92. The van der Waals surface area contributed by atoms with E-state index in [0.717, 1.165) is 30.4 Å². The van der Waals surface area contributed by atoms with Gasteiger partial charge in [-0.3, -0.25) is 4.72 Å². The summed E-state index contributed by atoms with van der Waals surface area (Å²) in [5.41, 5.74) is 2.73. The number of nitrogens with one attached hydrogen (secondary N) is 2. The van der Waals surface area contributed by atoms with E-state index in [1.807, 2.05) is 39.1 Å². The van der Waals surface area contributed by atoms with Gasteiger partial charge in [-0.2, -0.15) is 12.7 Å². The van der Waals surface area contributed by atoms with E-state index in [0.29, 0.717) is 18.8 Å². The van der Waals surface area contributed by atoms with Crippen molar-refractivity contribution in [1.29, 1.82) is 0 Å². The van der Waals surface area contributed by atoms with Crippen LogP contribution in [-0.2, 0) is 10.2 Å². The minimum Gasteiger partial charge on any atom is -0.318 e. The standard InChI is InChI=1S/C15H25N3O2S/c1-12-7-6-9-15(13(12)2)17-21(19,20)18-10-5-4-8-14(18)11-16-3/h6-7,9,14,16-17H,4-5,8,10-11H2,1-3H3. The van der Waals surface area contributed by atoms with Crippen LogP contribution >= 0.6 is 0 Å². The number of rotatable bonds is 5. The summed E-state index contributed by atoms with van der Waals surface area (Å²) >= 11 is 0. The first kappa shape index (κ1) is 16.3. The number of benzene rings is 1. The number of hydrogen-bond donors (Lipinski definition) is 2. The predicted molar refractivity (Wildman–Crippen MR) is 86.7 cm³/mol. The summed E-state index contributed by atoms with van der Waals surface area (Å²) in [5, 5.41) is 3.09. The van der Waals surface area contributed by atoms with E-state index in [4.69, 9.17) is 0 Å². The molecule has 1 atom stereocenters. The first-order valence-electron chi connectivity index (χ1n) is 7.46. The van der Waals surface area contributed by atoms with Gasteiger partial charge in [-0.05, 0) is 50.9 Å². The monoisotopic (exact) mass is 311 g/mol. The zero-order chi connectivity index (χ0) is 15.5. The molecule has 6 heteroatoms. The summed E-state index contributed by atoms with van der Waals surface area (Å²) in [5.74, 6) is 0. The van der Waals surface area contributed by atoms with Gasteiger partial charge in [0.05, 0.1) is 5.69 Å². The Labute approximate surface area is 127 Å². The second kappa shape index (κ2) is 6.77. The molecule has 0 bridgehead atoms. The SMILES string of the molecule is CNCC1CCCCN1S(=O)(=O)Nc1cccc(C)c1C. The number of piperidine rings is 1. The summed E-state index contributed by atoms with van der Waals surface area (Å²) in [7, 11) is -1.65. The second-order valence-electron chi connectivity index (χ2n) is 5.67. The zero-order valence-electron chi connectivity index (χ0n) is 13.0. The number of nitrogens with zero attached hydrogens (tertiary/aromatic N) is 1. The van der Waals surface area contributed by atoms with Crippen LogP contribution in [0, 0.1) is 13.8 Å². The Morgan fingerprint density at radius 2 is 2.05 bits per heavy atom. The van der Waals surface area contributed by atoms with Crippen molar-refractivity contribution in [3.63, 3.8) is 0 Å². The molecule has 0 amide bonds. The third-order valence-corrected chi connectivity index (χ3v) is 5.74. The summed E-state index contributed by atoms with van der Waals surface area (Å²) in [6.45, 7) is 5.20. The molecule has 1 aromatic rings. The van der Waals surface area contributed by atoms with Crippen molar-refractivity contribution < 1.29 is 8.42 Å². The van der Waals surface area contributed by atoms with E-state index in [2.05, 4.69) is 10.0 Å². The Kier molecular flexibility index (Phi) is 5.24. The molecule has 21 heavy (non-hydrogen) atoms. The van der Waals surface area contributed by atoms with Gasteiger partial charge < -0.3 is 5.32 Å². The Hall–Kier alpha value is -1.11. The van der Waals surface area contributed by atoms with E-state index >= 15 is 0 Å². The van der Waals surface area contributed by atoms with E-state index in [9.17, 15) is 8.42 Å². The minimum absolute atomic E-state index is 0.0337. The minimum atomic E-state index is -3.50. The summed E-state index contributed by atoms with van der Waals surface area (Å²) in [6, 6.07) is 5.71. The van der Waals surface area contributed by atoms with Gasteiger partial charge in [0.1, 0.15) is 0 Å². The molecule has 1 aliphatic heterocycles. The third-order valence-electron chi connectivity index (χ3n) is 4.17. The van der Waals surface area contributed by atoms with Crippen LogP contribution in [0.5, 0.6) is 0 Å². The van der Waals surface area contributed by atoms with Crippen molar-refractivity contribution in [3.05, 3.63) is 29.3 Å². The van der Waals surface area contributed by atoms with Crippen LogP contribution in [0.15, 0.2) is 18.2 Å². The Balaban J connectivity index is 2.22. The fourth-order valence-corrected chi connectivity index (χ4v) is 4.35. The lowest BCUT2D eigenvalue weighted by Gasteiger charge is -2.34. The molecule has 0 radical (unpaired) electrons. The topological polar surface area (TPSA) is 61.4 Å². The lowest BCUT2D eigenvalue weighted by molar-refractivity contribution is 0.250. The Morgan fingerprint density at radius 1 is 1.29 bits per heavy atom. The van der Waals surface area contributed by atoms with E-state index in [-0.39, 0.29) is 6.04 Å². The van der Waals surface area contributed by atoms with Crippen molar-refractivity contribution >= 4 is 15.9 Å². The molecule has 0 aromatic heterocycles. The first-order chi connectivity index (χ1) is 9.95. The highest BCUT2D eigenvalue weighted by Gasteiger charge is 2.32. The molecule has 1 heterocycles. The molecular weight excluding hydrogens is 286 g/mol. The van der Waals surface area contributed by atoms with Gasteiger partial charge in [-0.1, -0.05) is 18.6 Å². The van der Waals surface area contributed by atoms with Crippen LogP contribution in [0.3, 0.4) is 0 Å². The molecule has 0 saturated carbocycles. The smallest absolute Gasteiger partial charge is 0.301 e. The predicted octanol–water partition coefficient (Wildman–Crippen LogP) is 2.03. The van der Waals surface area contributed by atoms with Crippen molar-refractivity contribution in [2.24, 2.45) is 0 Å². The molecule has 1 aromatic carbocycles. The maximum Gasteiger partial charge on any atom is 0.301 e. The van der Waals surface area contributed by atoms with Crippen LogP contribution in [0.25, 0.3) is 0 Å². The van der Waals surface area contributed by atoms with Crippen molar-refractivity contribution in [2.45, 2.75) is 39.2 Å². The highest BCUT2D eigenvalue weighted by Crippen LogP contribution is 2.24. The van der Waals surface area contributed by atoms with Crippen molar-refractivity contribution in [2.75, 3.05) is 24.9 Å². The van der Waals surface area contributed by atoms with Crippen molar-refractivity contribution in [3.8, 4) is 0 Å². The van der Waals surface area contributed by atoms with Crippen LogP contribution < -0.4 is 10.0 Å². The quantitative estimate of drug-likeness (QED) is 0.875. The van der Waals surface area contributed by atoms with E-state index < -0.39 is 10.2 Å². The Bertz CT molecular complexity index is 585. The number of hydrogen-bond acceptors (Lipinski definition) is 3. The largest absolute Gasteiger partial charge is 0.318 e. The fourth-order valence-electron chi connectivity index (χ4n) is 2.79. The van der Waals surface area contributed by atoms with Gasteiger partial charge in [0, 0.05) is 19.1 Å². The van der Waals surface area contributed by atoms with Crippen LogP contribution in [0.2, 0.25) is 0 Å². The molecule has 5 nitrogen and oxygen atoms in total. The molecule has 118 valence electrons. The molecule has 0 spiro atoms. The van der Waals surface area contributed by atoms with Gasteiger partial charge in [-0.25, -0.2) is 0 Å². The fraction of sp³-hybridized carbons (Fsp3) is 0.600. The Morgan fingerprint density at radius 3 is 2.76 bits per heavy atom. The maximum atomic E-state index is 12.7. The van der Waals surface area contributed by atoms with Gasteiger partial charge in [0.15, 0.2) is 0 Å². The average molecular weight is 311 g/mol. The summed E-state index contributed by atoms with van der Waals surface area (Å²) in [4.78, 5) is 0.